The first-order valence-corrected chi connectivity index (χ1v) is 5.67. The topological polar surface area (TPSA) is 119 Å². The van der Waals surface area contributed by atoms with Gasteiger partial charge in [0, 0.05) is 13.8 Å². The zero-order chi connectivity index (χ0) is 15.4. The van der Waals surface area contributed by atoms with Crippen LogP contribution in [-0.4, -0.2) is 65.9 Å². The summed E-state index contributed by atoms with van der Waals surface area (Å²) in [6.07, 6.45) is -4.49. The van der Waals surface area contributed by atoms with Crippen molar-refractivity contribution in [3.63, 3.8) is 0 Å². The molecule has 20 heavy (non-hydrogen) atoms. The van der Waals surface area contributed by atoms with Gasteiger partial charge in [0.05, 0.1) is 7.11 Å². The quantitative estimate of drug-likeness (QED) is 0.474. The lowest BCUT2D eigenvalue weighted by Crippen LogP contribution is -2.41. The van der Waals surface area contributed by atoms with Crippen LogP contribution in [0.5, 0.6) is 0 Å². The SMILES string of the molecule is COC(=O)CN1C(=O)[C@H](OC(C)=O)[C@@H](OC(C)=O)[C@H]1O. The van der Waals surface area contributed by atoms with Crippen molar-refractivity contribution in [2.45, 2.75) is 32.3 Å². The Labute approximate surface area is 114 Å². The number of carbonyl (C=O) groups excluding carboxylic acids is 4. The minimum atomic E-state index is -1.60. The first-order valence-electron chi connectivity index (χ1n) is 5.67. The molecule has 112 valence electrons. The van der Waals surface area contributed by atoms with Gasteiger partial charge < -0.3 is 19.3 Å². The maximum atomic E-state index is 12.0. The summed E-state index contributed by atoms with van der Waals surface area (Å²) in [5.41, 5.74) is 0. The summed E-state index contributed by atoms with van der Waals surface area (Å²) in [5.74, 6) is -3.17. The van der Waals surface area contributed by atoms with E-state index in [2.05, 4.69) is 4.74 Å². The number of likely N-dealkylation sites (tertiary alicyclic amines) is 1. The third kappa shape index (κ3) is 3.44. The minimum Gasteiger partial charge on any atom is -0.468 e. The molecule has 0 aromatic heterocycles. The fraction of sp³-hybridized carbons (Fsp3) is 0.636. The second-order valence-corrected chi connectivity index (χ2v) is 4.06. The molecule has 1 fully saturated rings. The Hall–Kier alpha value is -2.16. The summed E-state index contributed by atoms with van der Waals surface area (Å²) < 4.78 is 13.9. The van der Waals surface area contributed by atoms with Gasteiger partial charge in [-0.25, -0.2) is 0 Å². The van der Waals surface area contributed by atoms with Gasteiger partial charge in [0.2, 0.25) is 6.10 Å². The zero-order valence-electron chi connectivity index (χ0n) is 11.2. The Kier molecular flexibility index (Phi) is 5.03. The molecule has 1 aliphatic heterocycles. The van der Waals surface area contributed by atoms with E-state index in [1.54, 1.807) is 0 Å². The largest absolute Gasteiger partial charge is 0.468 e. The van der Waals surface area contributed by atoms with Crippen molar-refractivity contribution in [2.24, 2.45) is 0 Å². The normalized spacial score (nSPS) is 25.3. The van der Waals surface area contributed by atoms with Crippen molar-refractivity contribution >= 4 is 23.8 Å². The maximum Gasteiger partial charge on any atom is 0.325 e. The molecule has 1 N–H and O–H groups in total. The molecule has 0 unspecified atom stereocenters. The van der Waals surface area contributed by atoms with E-state index < -0.39 is 48.8 Å². The highest BCUT2D eigenvalue weighted by Gasteiger charge is 2.52. The number of nitrogens with zero attached hydrogens (tertiary/aromatic N) is 1. The van der Waals surface area contributed by atoms with Gasteiger partial charge in [-0.05, 0) is 0 Å². The predicted octanol–water partition coefficient (Wildman–Crippen LogP) is -1.82. The van der Waals surface area contributed by atoms with Crippen LogP contribution in [0.1, 0.15) is 13.8 Å². The maximum absolute atomic E-state index is 12.0. The van der Waals surface area contributed by atoms with Crippen LogP contribution in [0.4, 0.5) is 0 Å². The van der Waals surface area contributed by atoms with E-state index in [1.165, 1.54) is 0 Å². The van der Waals surface area contributed by atoms with Gasteiger partial charge in [-0.3, -0.25) is 24.1 Å². The van der Waals surface area contributed by atoms with Crippen molar-refractivity contribution in [3.8, 4) is 0 Å². The van der Waals surface area contributed by atoms with Gasteiger partial charge in [0.15, 0.2) is 12.3 Å². The number of ether oxygens (including phenoxy) is 3. The number of aliphatic hydroxyl groups excluding tert-OH is 1. The van der Waals surface area contributed by atoms with Gasteiger partial charge in [-0.1, -0.05) is 0 Å². The number of rotatable bonds is 4. The van der Waals surface area contributed by atoms with Crippen LogP contribution in [0, 0.1) is 0 Å². The third-order valence-corrected chi connectivity index (χ3v) is 2.56. The fourth-order valence-electron chi connectivity index (χ4n) is 1.75. The molecule has 1 aliphatic rings. The highest BCUT2D eigenvalue weighted by atomic mass is 16.6. The van der Waals surface area contributed by atoms with Crippen molar-refractivity contribution in [1.82, 2.24) is 4.90 Å². The van der Waals surface area contributed by atoms with Gasteiger partial charge in [0.1, 0.15) is 6.54 Å². The van der Waals surface area contributed by atoms with Gasteiger partial charge in [0.25, 0.3) is 5.91 Å². The molecule has 9 heteroatoms. The van der Waals surface area contributed by atoms with Crippen LogP contribution >= 0.6 is 0 Å². The molecule has 1 heterocycles. The molecule has 0 bridgehead atoms. The molecular formula is C11H15NO8. The summed E-state index contributed by atoms with van der Waals surface area (Å²) in [6, 6.07) is 0. The molecule has 0 radical (unpaired) electrons. The summed E-state index contributed by atoms with van der Waals surface area (Å²) >= 11 is 0. The highest BCUT2D eigenvalue weighted by Crippen LogP contribution is 2.24. The molecule has 0 aromatic rings. The lowest BCUT2D eigenvalue weighted by Gasteiger charge is -2.21. The molecule has 0 aromatic carbocycles. The number of hydrogen-bond donors (Lipinski definition) is 1. The first-order chi connectivity index (χ1) is 9.27. The van der Waals surface area contributed by atoms with E-state index >= 15 is 0 Å². The van der Waals surface area contributed by atoms with Crippen molar-refractivity contribution in [2.75, 3.05) is 13.7 Å². The number of esters is 3. The van der Waals surface area contributed by atoms with Crippen molar-refractivity contribution in [1.29, 1.82) is 0 Å². The van der Waals surface area contributed by atoms with E-state index in [1.807, 2.05) is 0 Å². The van der Waals surface area contributed by atoms with Crippen LogP contribution in [0.2, 0.25) is 0 Å². The first kappa shape index (κ1) is 15.9. The third-order valence-electron chi connectivity index (χ3n) is 2.56. The minimum absolute atomic E-state index is 0.550. The molecular weight excluding hydrogens is 274 g/mol. The molecule has 1 amide bonds. The van der Waals surface area contributed by atoms with Gasteiger partial charge >= 0.3 is 17.9 Å². The van der Waals surface area contributed by atoms with Crippen LogP contribution in [-0.2, 0) is 33.4 Å². The smallest absolute Gasteiger partial charge is 0.325 e. The van der Waals surface area contributed by atoms with Gasteiger partial charge in [-0.2, -0.15) is 0 Å². The van der Waals surface area contributed by atoms with Crippen molar-refractivity contribution < 1.29 is 38.5 Å². The van der Waals surface area contributed by atoms with E-state index in [-0.39, 0.29) is 0 Å². The standard InChI is InChI=1S/C11H15NO8/c1-5(13)19-8-9(20-6(2)14)11(17)12(10(8)16)4-7(15)18-3/h8-10,16H,4H2,1-3H3/t8-,9-,10-/m1/s1. The second kappa shape index (κ2) is 6.33. The predicted molar refractivity (Wildman–Crippen MR) is 60.8 cm³/mol. The molecule has 1 rings (SSSR count). The average molecular weight is 289 g/mol. The molecule has 1 saturated heterocycles. The lowest BCUT2D eigenvalue weighted by atomic mass is 10.2. The number of amides is 1. The van der Waals surface area contributed by atoms with Crippen LogP contribution < -0.4 is 0 Å². The Morgan fingerprint density at radius 1 is 1.20 bits per heavy atom. The molecule has 9 nitrogen and oxygen atoms in total. The Morgan fingerprint density at radius 3 is 2.20 bits per heavy atom. The molecule has 0 spiro atoms. The van der Waals surface area contributed by atoms with E-state index in [0.29, 0.717) is 4.90 Å². The molecule has 0 aliphatic carbocycles. The van der Waals surface area contributed by atoms with Crippen LogP contribution in [0.25, 0.3) is 0 Å². The number of aliphatic hydroxyl groups is 1. The Balaban J connectivity index is 2.95. The van der Waals surface area contributed by atoms with Crippen LogP contribution in [0.15, 0.2) is 0 Å². The lowest BCUT2D eigenvalue weighted by molar-refractivity contribution is -0.170. The molecule has 0 saturated carbocycles. The highest BCUT2D eigenvalue weighted by molar-refractivity contribution is 5.90. The number of carbonyl (C=O) groups is 4. The molecule has 3 atom stereocenters. The fourth-order valence-corrected chi connectivity index (χ4v) is 1.75. The summed E-state index contributed by atoms with van der Waals surface area (Å²) in [5, 5.41) is 9.92. The van der Waals surface area contributed by atoms with E-state index in [9.17, 15) is 24.3 Å². The Bertz CT molecular complexity index is 434. The summed E-state index contributed by atoms with van der Waals surface area (Å²) in [4.78, 5) is 45.8. The van der Waals surface area contributed by atoms with E-state index in [4.69, 9.17) is 9.47 Å². The van der Waals surface area contributed by atoms with E-state index in [0.717, 1.165) is 21.0 Å². The zero-order valence-corrected chi connectivity index (χ0v) is 11.2. The van der Waals surface area contributed by atoms with Crippen LogP contribution in [0.3, 0.4) is 0 Å². The van der Waals surface area contributed by atoms with Gasteiger partial charge in [-0.15, -0.1) is 0 Å². The average Bonchev–Trinajstić information content (AvgIpc) is 2.55. The Morgan fingerprint density at radius 2 is 1.75 bits per heavy atom. The summed E-state index contributed by atoms with van der Waals surface area (Å²) in [7, 11) is 1.11. The number of methoxy groups -OCH3 is 1. The second-order valence-electron chi connectivity index (χ2n) is 4.06. The number of hydrogen-bond acceptors (Lipinski definition) is 8. The monoisotopic (exact) mass is 289 g/mol. The summed E-state index contributed by atoms with van der Waals surface area (Å²) in [6.45, 7) is 1.59. The van der Waals surface area contributed by atoms with Crippen molar-refractivity contribution in [3.05, 3.63) is 0 Å².